The molecule has 1 amide bonds. The SMILES string of the molecule is CON(C)C(=O)C(C)c1cc(C)nn(C)c1=O. The molecule has 17 heavy (non-hydrogen) atoms. The van der Waals surface area contributed by atoms with Gasteiger partial charge in [-0.2, -0.15) is 5.10 Å². The molecule has 1 heterocycles. The lowest BCUT2D eigenvalue weighted by Crippen LogP contribution is -2.34. The molecule has 0 fully saturated rings. The maximum Gasteiger partial charge on any atom is 0.270 e. The summed E-state index contributed by atoms with van der Waals surface area (Å²) in [5.74, 6) is -0.824. The molecule has 0 aromatic carbocycles. The summed E-state index contributed by atoms with van der Waals surface area (Å²) in [6.45, 7) is 3.45. The zero-order valence-electron chi connectivity index (χ0n) is 10.7. The molecule has 0 saturated carbocycles. The fraction of sp³-hybridized carbons (Fsp3) is 0.545. The van der Waals surface area contributed by atoms with E-state index in [1.165, 1.54) is 18.8 Å². The van der Waals surface area contributed by atoms with Crippen molar-refractivity contribution in [2.45, 2.75) is 19.8 Å². The normalized spacial score (nSPS) is 12.3. The lowest BCUT2D eigenvalue weighted by atomic mass is 10.0. The average molecular weight is 239 g/mol. The zero-order valence-corrected chi connectivity index (χ0v) is 10.7. The van der Waals surface area contributed by atoms with Crippen molar-refractivity contribution in [1.82, 2.24) is 14.8 Å². The fourth-order valence-electron chi connectivity index (χ4n) is 1.59. The van der Waals surface area contributed by atoms with Crippen LogP contribution in [0, 0.1) is 6.92 Å². The van der Waals surface area contributed by atoms with Gasteiger partial charge in [0.25, 0.3) is 11.5 Å². The Morgan fingerprint density at radius 2 is 2.18 bits per heavy atom. The van der Waals surface area contributed by atoms with Crippen LogP contribution in [0.3, 0.4) is 0 Å². The standard InChI is InChI=1S/C11H17N3O3/c1-7-6-9(11(16)13(3)12-7)8(2)10(15)14(4)17-5/h6,8H,1-5H3. The van der Waals surface area contributed by atoms with Crippen LogP contribution < -0.4 is 5.56 Å². The Morgan fingerprint density at radius 1 is 1.59 bits per heavy atom. The van der Waals surface area contributed by atoms with Gasteiger partial charge in [0.15, 0.2) is 0 Å². The Bertz CT molecular complexity index is 481. The van der Waals surface area contributed by atoms with Gasteiger partial charge in [0, 0.05) is 19.7 Å². The molecule has 0 aliphatic heterocycles. The van der Waals surface area contributed by atoms with Crippen molar-refractivity contribution < 1.29 is 9.63 Å². The van der Waals surface area contributed by atoms with Crippen LogP contribution >= 0.6 is 0 Å². The molecule has 0 aliphatic rings. The number of likely N-dealkylation sites (N-methyl/N-ethyl adjacent to an activating group) is 1. The first-order chi connectivity index (χ1) is 7.88. The first kappa shape index (κ1) is 13.4. The molecule has 0 N–H and O–H groups in total. The lowest BCUT2D eigenvalue weighted by molar-refractivity contribution is -0.170. The average Bonchev–Trinajstić information content (AvgIpc) is 2.30. The third-order valence-electron chi connectivity index (χ3n) is 2.63. The number of aryl methyl sites for hydroxylation is 2. The summed E-state index contributed by atoms with van der Waals surface area (Å²) in [4.78, 5) is 28.6. The van der Waals surface area contributed by atoms with Crippen LogP contribution in [0.15, 0.2) is 10.9 Å². The smallest absolute Gasteiger partial charge is 0.270 e. The quantitative estimate of drug-likeness (QED) is 0.707. The Balaban J connectivity index is 3.17. The molecule has 0 saturated heterocycles. The molecule has 1 atom stereocenters. The molecule has 1 aromatic rings. The largest absolute Gasteiger partial charge is 0.275 e. The van der Waals surface area contributed by atoms with Crippen molar-refractivity contribution in [1.29, 1.82) is 0 Å². The minimum Gasteiger partial charge on any atom is -0.275 e. The minimum absolute atomic E-state index is 0.263. The molecule has 0 radical (unpaired) electrons. The topological polar surface area (TPSA) is 64.4 Å². The van der Waals surface area contributed by atoms with Crippen LogP contribution in [0.4, 0.5) is 0 Å². The number of nitrogens with zero attached hydrogens (tertiary/aromatic N) is 3. The van der Waals surface area contributed by atoms with Crippen molar-refractivity contribution in [3.8, 4) is 0 Å². The number of hydrogen-bond donors (Lipinski definition) is 0. The van der Waals surface area contributed by atoms with Gasteiger partial charge in [-0.3, -0.25) is 14.4 Å². The lowest BCUT2D eigenvalue weighted by Gasteiger charge is -2.18. The van der Waals surface area contributed by atoms with E-state index in [2.05, 4.69) is 5.10 Å². The highest BCUT2D eigenvalue weighted by molar-refractivity contribution is 5.82. The highest BCUT2D eigenvalue weighted by Crippen LogP contribution is 2.14. The van der Waals surface area contributed by atoms with Crippen molar-refractivity contribution in [3.63, 3.8) is 0 Å². The molecule has 0 aliphatic carbocycles. The van der Waals surface area contributed by atoms with E-state index in [0.29, 0.717) is 11.3 Å². The Kier molecular flexibility index (Phi) is 4.01. The van der Waals surface area contributed by atoms with Crippen LogP contribution in [-0.2, 0) is 16.7 Å². The van der Waals surface area contributed by atoms with Crippen molar-refractivity contribution in [2.24, 2.45) is 7.05 Å². The summed E-state index contributed by atoms with van der Waals surface area (Å²) in [5, 5.41) is 5.10. The first-order valence-electron chi connectivity index (χ1n) is 5.25. The molecule has 6 heteroatoms. The second-order valence-electron chi connectivity index (χ2n) is 3.91. The number of hydroxylamine groups is 2. The molecule has 1 aromatic heterocycles. The monoisotopic (exact) mass is 239 g/mol. The van der Waals surface area contributed by atoms with Crippen LogP contribution in [-0.4, -0.2) is 34.9 Å². The van der Waals surface area contributed by atoms with Gasteiger partial charge in [0.2, 0.25) is 0 Å². The summed E-state index contributed by atoms with van der Waals surface area (Å²) < 4.78 is 1.24. The Morgan fingerprint density at radius 3 is 2.71 bits per heavy atom. The van der Waals surface area contributed by atoms with Gasteiger partial charge < -0.3 is 0 Å². The maximum absolute atomic E-state index is 11.9. The highest BCUT2D eigenvalue weighted by Gasteiger charge is 2.23. The number of aromatic nitrogens is 2. The molecule has 1 rings (SSSR count). The molecule has 94 valence electrons. The van der Waals surface area contributed by atoms with Crippen molar-refractivity contribution in [2.75, 3.05) is 14.2 Å². The van der Waals surface area contributed by atoms with E-state index in [4.69, 9.17) is 4.84 Å². The summed E-state index contributed by atoms with van der Waals surface area (Å²) >= 11 is 0. The van der Waals surface area contributed by atoms with Crippen LogP contribution in [0.2, 0.25) is 0 Å². The van der Waals surface area contributed by atoms with Crippen LogP contribution in [0.1, 0.15) is 24.1 Å². The van der Waals surface area contributed by atoms with Gasteiger partial charge in [0.1, 0.15) is 0 Å². The molecule has 0 bridgehead atoms. The fourth-order valence-corrected chi connectivity index (χ4v) is 1.59. The van der Waals surface area contributed by atoms with E-state index >= 15 is 0 Å². The predicted octanol–water partition coefficient (Wildman–Crippen LogP) is 0.212. The summed E-state index contributed by atoms with van der Waals surface area (Å²) in [7, 11) is 4.48. The van der Waals surface area contributed by atoms with Crippen LogP contribution in [0.5, 0.6) is 0 Å². The van der Waals surface area contributed by atoms with E-state index < -0.39 is 5.92 Å². The highest BCUT2D eigenvalue weighted by atomic mass is 16.7. The van der Waals surface area contributed by atoms with Crippen molar-refractivity contribution >= 4 is 5.91 Å². The third-order valence-corrected chi connectivity index (χ3v) is 2.63. The molecule has 1 unspecified atom stereocenters. The van der Waals surface area contributed by atoms with E-state index in [-0.39, 0.29) is 11.5 Å². The number of carbonyl (C=O) groups is 1. The van der Waals surface area contributed by atoms with Gasteiger partial charge >= 0.3 is 0 Å². The van der Waals surface area contributed by atoms with E-state index in [9.17, 15) is 9.59 Å². The Labute approximate surface area is 99.8 Å². The Hall–Kier alpha value is -1.69. The first-order valence-corrected chi connectivity index (χ1v) is 5.25. The number of amides is 1. The minimum atomic E-state index is -0.555. The molecular weight excluding hydrogens is 222 g/mol. The molecule has 0 spiro atoms. The third kappa shape index (κ3) is 2.71. The summed E-state index contributed by atoms with van der Waals surface area (Å²) in [5.41, 5.74) is 0.858. The van der Waals surface area contributed by atoms with Gasteiger partial charge in [-0.1, -0.05) is 0 Å². The summed E-state index contributed by atoms with van der Waals surface area (Å²) in [6, 6.07) is 1.63. The predicted molar refractivity (Wildman–Crippen MR) is 62.4 cm³/mol. The van der Waals surface area contributed by atoms with Gasteiger partial charge in [-0.25, -0.2) is 9.75 Å². The zero-order chi connectivity index (χ0) is 13.2. The van der Waals surface area contributed by atoms with E-state index in [1.54, 1.807) is 27.0 Å². The second kappa shape index (κ2) is 5.09. The van der Waals surface area contributed by atoms with Gasteiger partial charge in [-0.05, 0) is 19.9 Å². The number of rotatable bonds is 3. The van der Waals surface area contributed by atoms with Gasteiger partial charge in [-0.15, -0.1) is 0 Å². The molecule has 6 nitrogen and oxygen atoms in total. The number of carbonyl (C=O) groups excluding carboxylic acids is 1. The van der Waals surface area contributed by atoms with Crippen molar-refractivity contribution in [3.05, 3.63) is 27.7 Å². The van der Waals surface area contributed by atoms with Crippen LogP contribution in [0.25, 0.3) is 0 Å². The van der Waals surface area contributed by atoms with Gasteiger partial charge in [0.05, 0.1) is 18.7 Å². The number of hydrogen-bond acceptors (Lipinski definition) is 4. The van der Waals surface area contributed by atoms with E-state index in [1.807, 2.05) is 0 Å². The maximum atomic E-state index is 11.9. The molecular formula is C11H17N3O3. The summed E-state index contributed by atoms with van der Waals surface area (Å²) in [6.07, 6.45) is 0. The van der Waals surface area contributed by atoms with E-state index in [0.717, 1.165) is 5.06 Å². The second-order valence-corrected chi connectivity index (χ2v) is 3.91.